The van der Waals surface area contributed by atoms with Gasteiger partial charge in [-0.1, -0.05) is 0 Å². The minimum atomic E-state index is -3.03. The van der Waals surface area contributed by atoms with Crippen molar-refractivity contribution in [2.45, 2.75) is 49.5 Å². The van der Waals surface area contributed by atoms with E-state index >= 15 is 0 Å². The van der Waals surface area contributed by atoms with Crippen LogP contribution in [0.5, 0.6) is 28.7 Å². The van der Waals surface area contributed by atoms with Crippen LogP contribution in [-0.2, 0) is 9.47 Å². The van der Waals surface area contributed by atoms with Gasteiger partial charge < -0.3 is 55.1 Å². The summed E-state index contributed by atoms with van der Waals surface area (Å²) >= 11 is 0. The molecule has 0 aromatic heterocycles. The highest BCUT2D eigenvalue weighted by Crippen LogP contribution is 2.48. The minimum absolute atomic E-state index is 0.157. The van der Waals surface area contributed by atoms with E-state index in [2.05, 4.69) is 0 Å². The van der Waals surface area contributed by atoms with E-state index in [4.69, 9.17) is 14.2 Å². The van der Waals surface area contributed by atoms with Gasteiger partial charge in [0.05, 0.1) is 6.10 Å². The van der Waals surface area contributed by atoms with E-state index in [0.717, 1.165) is 30.3 Å². The molecule has 0 aliphatic carbocycles. The lowest BCUT2D eigenvalue weighted by molar-refractivity contribution is -0.357. The number of ketones is 1. The molecule has 2 heterocycles. The smallest absolute Gasteiger partial charge is 0.276 e. The molecular weight excluding hydrogens is 444 g/mol. The molecule has 0 saturated carbocycles. The van der Waals surface area contributed by atoms with Gasteiger partial charge in [0, 0.05) is 23.8 Å². The summed E-state index contributed by atoms with van der Waals surface area (Å²) in [5.74, 6) is -6.74. The Labute approximate surface area is 186 Å². The number of hydrogen-bond donors (Lipinski definition) is 8. The number of aromatic hydroxyl groups is 4. The van der Waals surface area contributed by atoms with Crippen LogP contribution in [0.2, 0.25) is 0 Å². The second kappa shape index (κ2) is 8.02. The zero-order valence-electron chi connectivity index (χ0n) is 17.1. The molecule has 0 bridgehead atoms. The Balaban J connectivity index is 1.83. The van der Waals surface area contributed by atoms with Gasteiger partial charge in [-0.3, -0.25) is 4.79 Å². The van der Waals surface area contributed by atoms with E-state index in [9.17, 15) is 45.6 Å². The van der Waals surface area contributed by atoms with Crippen LogP contribution in [0, 0.1) is 0 Å². The monoisotopic (exact) mass is 466 g/mol. The van der Waals surface area contributed by atoms with E-state index in [-0.39, 0.29) is 11.3 Å². The third-order valence-corrected chi connectivity index (χ3v) is 5.55. The van der Waals surface area contributed by atoms with Gasteiger partial charge in [0.2, 0.25) is 5.78 Å². The van der Waals surface area contributed by atoms with Crippen molar-refractivity contribution < 1.29 is 59.9 Å². The third-order valence-electron chi connectivity index (χ3n) is 5.55. The zero-order chi connectivity index (χ0) is 24.2. The number of rotatable bonds is 3. The van der Waals surface area contributed by atoms with Crippen LogP contribution in [0.25, 0.3) is 0 Å². The number of fused-ring (bicyclic) bond motifs is 1. The summed E-state index contributed by atoms with van der Waals surface area (Å²) < 4.78 is 16.4. The van der Waals surface area contributed by atoms with Crippen LogP contribution < -0.4 is 4.74 Å². The van der Waals surface area contributed by atoms with E-state index in [1.807, 2.05) is 0 Å². The van der Waals surface area contributed by atoms with E-state index in [1.165, 1.54) is 6.92 Å². The zero-order valence-corrected chi connectivity index (χ0v) is 17.1. The van der Waals surface area contributed by atoms with Crippen molar-refractivity contribution in [3.8, 4) is 28.7 Å². The summed E-state index contributed by atoms with van der Waals surface area (Å²) in [6.45, 7) is 1.36. The molecule has 2 unspecified atom stereocenters. The van der Waals surface area contributed by atoms with Gasteiger partial charge in [-0.05, 0) is 19.1 Å². The quantitative estimate of drug-likeness (QED) is 0.266. The molecule has 0 amide bonds. The molecule has 2 aromatic carbocycles. The van der Waals surface area contributed by atoms with E-state index in [1.54, 1.807) is 0 Å². The number of carbonyl (C=O) groups excluding carboxylic acids is 1. The highest BCUT2D eigenvalue weighted by Gasteiger charge is 2.57. The molecule has 12 nitrogen and oxygen atoms in total. The van der Waals surface area contributed by atoms with Gasteiger partial charge in [0.15, 0.2) is 12.4 Å². The number of phenols is 4. The Hall–Kier alpha value is -3.13. The highest BCUT2D eigenvalue weighted by molar-refractivity contribution is 6.07. The fourth-order valence-corrected chi connectivity index (χ4v) is 3.88. The normalized spacial score (nSPS) is 33.9. The van der Waals surface area contributed by atoms with Crippen molar-refractivity contribution >= 4 is 5.78 Å². The second-order valence-corrected chi connectivity index (χ2v) is 7.94. The number of carbonyl (C=O) groups is 1. The molecule has 2 aliphatic rings. The fraction of sp³-hybridized carbons (Fsp3) is 0.381. The van der Waals surface area contributed by atoms with Gasteiger partial charge in [0.1, 0.15) is 52.6 Å². The van der Waals surface area contributed by atoms with Crippen LogP contribution in [0.4, 0.5) is 0 Å². The molecule has 178 valence electrons. The van der Waals surface area contributed by atoms with Crippen LogP contribution >= 0.6 is 0 Å². The third kappa shape index (κ3) is 3.82. The van der Waals surface area contributed by atoms with Crippen LogP contribution in [-0.4, -0.2) is 83.1 Å². The number of phenolic OH excluding ortho intramolecular Hbond substituents is 4. The van der Waals surface area contributed by atoms with Crippen molar-refractivity contribution in [1.29, 1.82) is 0 Å². The maximum Gasteiger partial charge on any atom is 0.276 e. The Bertz CT molecular complexity index is 1070. The van der Waals surface area contributed by atoms with Crippen molar-refractivity contribution in [2.75, 3.05) is 0 Å². The largest absolute Gasteiger partial charge is 0.508 e. The first-order valence-corrected chi connectivity index (χ1v) is 9.82. The van der Waals surface area contributed by atoms with E-state index in [0.29, 0.717) is 0 Å². The minimum Gasteiger partial charge on any atom is -0.508 e. The predicted octanol–water partition coefficient (Wildman–Crippen LogP) is -0.642. The molecule has 33 heavy (non-hydrogen) atoms. The predicted molar refractivity (Wildman–Crippen MR) is 106 cm³/mol. The average Bonchev–Trinajstić information content (AvgIpc) is 2.72. The molecule has 0 radical (unpaired) electrons. The van der Waals surface area contributed by atoms with Gasteiger partial charge in [0.25, 0.3) is 5.79 Å². The number of aliphatic hydroxyl groups is 4. The Kier molecular flexibility index (Phi) is 5.60. The molecule has 12 heteroatoms. The van der Waals surface area contributed by atoms with Crippen LogP contribution in [0.15, 0.2) is 30.3 Å². The fourth-order valence-electron chi connectivity index (χ4n) is 3.88. The van der Waals surface area contributed by atoms with Crippen molar-refractivity contribution in [2.24, 2.45) is 0 Å². The summed E-state index contributed by atoms with van der Waals surface area (Å²) in [6, 6.07) is 4.91. The molecule has 1 saturated heterocycles. The van der Waals surface area contributed by atoms with Crippen LogP contribution in [0.1, 0.15) is 28.9 Å². The van der Waals surface area contributed by atoms with Crippen molar-refractivity contribution in [1.82, 2.24) is 0 Å². The Morgan fingerprint density at radius 1 is 0.879 bits per heavy atom. The number of hydrogen-bond acceptors (Lipinski definition) is 12. The molecule has 8 N–H and O–H groups in total. The topological polar surface area (TPSA) is 207 Å². The lowest BCUT2D eigenvalue weighted by atomic mass is 9.89. The lowest BCUT2D eigenvalue weighted by Gasteiger charge is -2.45. The Morgan fingerprint density at radius 3 is 2.12 bits per heavy atom. The SMILES string of the molecule is C[C@@H]1O[C@@H](OC2(O)C(=O)c3c(O)cc(O)cc3OC2c2cc(O)cc(O)c2)[C@H](O)[C@H](O)[C@H]1O. The van der Waals surface area contributed by atoms with Gasteiger partial charge in [-0.15, -0.1) is 0 Å². The van der Waals surface area contributed by atoms with Crippen molar-refractivity contribution in [3.05, 3.63) is 41.5 Å². The number of aliphatic hydroxyl groups excluding tert-OH is 3. The summed E-state index contributed by atoms with van der Waals surface area (Å²) in [5, 5.41) is 81.4. The molecular formula is C21H22O12. The number of benzene rings is 2. The summed E-state index contributed by atoms with van der Waals surface area (Å²) in [7, 11) is 0. The first-order valence-electron chi connectivity index (χ1n) is 9.82. The number of ether oxygens (including phenoxy) is 3. The van der Waals surface area contributed by atoms with Gasteiger partial charge in [-0.2, -0.15) is 0 Å². The van der Waals surface area contributed by atoms with Crippen LogP contribution in [0.3, 0.4) is 0 Å². The van der Waals surface area contributed by atoms with Gasteiger partial charge >= 0.3 is 0 Å². The number of Topliss-reactive ketones (excluding diaryl/α,β-unsaturated/α-hetero) is 1. The molecule has 7 atom stereocenters. The van der Waals surface area contributed by atoms with E-state index < -0.39 is 76.9 Å². The molecule has 2 aliphatic heterocycles. The first-order chi connectivity index (χ1) is 15.4. The standard InChI is InChI=1S/C21H22O12/c1-7-15(26)16(27)17(28)20(31-7)33-21(30)18(29)14-12(25)5-11(24)6-13(14)32-19(21)8-2-9(22)4-10(23)3-8/h2-7,15-17,19-20,22-28,30H,1H3/t7-,15-,16+,17+,19?,20-,21?/m0/s1. The first kappa shape index (κ1) is 23.0. The molecule has 2 aromatic rings. The maximum atomic E-state index is 13.4. The average molecular weight is 466 g/mol. The molecule has 0 spiro atoms. The summed E-state index contributed by atoms with van der Waals surface area (Å²) in [6.07, 6.45) is -9.86. The maximum absolute atomic E-state index is 13.4. The van der Waals surface area contributed by atoms with Crippen molar-refractivity contribution in [3.63, 3.8) is 0 Å². The molecule has 4 rings (SSSR count). The highest BCUT2D eigenvalue weighted by atomic mass is 16.8. The summed E-state index contributed by atoms with van der Waals surface area (Å²) in [4.78, 5) is 13.4. The molecule has 1 fully saturated rings. The Morgan fingerprint density at radius 2 is 1.48 bits per heavy atom. The second-order valence-electron chi connectivity index (χ2n) is 7.94. The van der Waals surface area contributed by atoms with Gasteiger partial charge in [-0.25, -0.2) is 0 Å². The summed E-state index contributed by atoms with van der Waals surface area (Å²) in [5.41, 5.74) is -0.717. The lowest BCUT2D eigenvalue weighted by Crippen LogP contribution is -2.62.